The van der Waals surface area contributed by atoms with E-state index in [2.05, 4.69) is 27.0 Å². The predicted octanol–water partition coefficient (Wildman–Crippen LogP) is 5.66. The van der Waals surface area contributed by atoms with Crippen LogP contribution in [0.4, 0.5) is 0 Å². The molecule has 27 heavy (non-hydrogen) atoms. The maximum Gasteiger partial charge on any atom is 0.331 e. The first-order valence-electron chi connectivity index (χ1n) is 9.36. The third-order valence-corrected chi connectivity index (χ3v) is 3.95. The van der Waals surface area contributed by atoms with Crippen LogP contribution in [0.1, 0.15) is 51.5 Å². The first-order valence-corrected chi connectivity index (χ1v) is 9.36. The number of unbranched alkanes of at least 4 members (excludes halogenated alkanes) is 1. The van der Waals surface area contributed by atoms with Crippen LogP contribution in [0.5, 0.6) is 0 Å². The summed E-state index contributed by atoms with van der Waals surface area (Å²) in [5, 5.41) is 8.55. The Balaban J connectivity index is 0.000000503. The molecule has 1 aromatic rings. The lowest BCUT2D eigenvalue weighted by atomic mass is 10.0. The summed E-state index contributed by atoms with van der Waals surface area (Å²) in [6.45, 7) is 11.6. The van der Waals surface area contributed by atoms with Crippen LogP contribution in [0.2, 0.25) is 0 Å². The van der Waals surface area contributed by atoms with Crippen molar-refractivity contribution in [3.05, 3.63) is 66.8 Å². The number of carbonyl (C=O) groups excluding carboxylic acids is 1. The van der Waals surface area contributed by atoms with E-state index in [-0.39, 0.29) is 11.5 Å². The van der Waals surface area contributed by atoms with Gasteiger partial charge in [0, 0.05) is 11.6 Å². The number of hydrogen-bond donors (Lipinski definition) is 1. The van der Waals surface area contributed by atoms with Crippen molar-refractivity contribution in [3.63, 3.8) is 0 Å². The molecule has 0 bridgehead atoms. The molecule has 4 heteroatoms. The topological polar surface area (TPSA) is 63.6 Å². The Bertz CT molecular complexity index is 602. The van der Waals surface area contributed by atoms with Gasteiger partial charge in [-0.15, -0.1) is 0 Å². The van der Waals surface area contributed by atoms with Crippen LogP contribution in [0, 0.1) is 5.92 Å². The van der Waals surface area contributed by atoms with E-state index in [0.717, 1.165) is 18.4 Å². The van der Waals surface area contributed by atoms with Gasteiger partial charge in [-0.3, -0.25) is 0 Å². The van der Waals surface area contributed by atoms with Gasteiger partial charge in [0.05, 0.1) is 6.61 Å². The summed E-state index contributed by atoms with van der Waals surface area (Å²) in [5.41, 5.74) is 1.27. The van der Waals surface area contributed by atoms with Crippen molar-refractivity contribution in [1.29, 1.82) is 0 Å². The summed E-state index contributed by atoms with van der Waals surface area (Å²) in [7, 11) is 0. The van der Waals surface area contributed by atoms with E-state index in [1.165, 1.54) is 18.9 Å². The van der Waals surface area contributed by atoms with Crippen molar-refractivity contribution in [2.75, 3.05) is 6.61 Å². The third kappa shape index (κ3) is 13.3. The summed E-state index contributed by atoms with van der Waals surface area (Å²) >= 11 is 0. The van der Waals surface area contributed by atoms with E-state index in [0.29, 0.717) is 18.9 Å². The Hall–Kier alpha value is -2.62. The van der Waals surface area contributed by atoms with E-state index in [1.54, 1.807) is 6.08 Å². The molecule has 0 aromatic heterocycles. The van der Waals surface area contributed by atoms with Crippen LogP contribution in [0.25, 0.3) is 6.08 Å². The molecule has 1 aromatic carbocycles. The first-order chi connectivity index (χ1) is 12.9. The Morgan fingerprint density at radius 1 is 1.22 bits per heavy atom. The first kappa shape index (κ1) is 24.4. The lowest BCUT2D eigenvalue weighted by Crippen LogP contribution is -2.12. The van der Waals surface area contributed by atoms with Crippen LogP contribution >= 0.6 is 0 Å². The largest absolute Gasteiger partial charge is 0.478 e. The minimum absolute atomic E-state index is 0.206. The SMILES string of the molecule is C=C(CC=Cc1ccccc1)C(=O)O.C=CC(=O)OCC(CC)CCCC. The van der Waals surface area contributed by atoms with Crippen LogP contribution in [-0.2, 0) is 14.3 Å². The van der Waals surface area contributed by atoms with Gasteiger partial charge in [-0.2, -0.15) is 0 Å². The Kier molecular flexibility index (Phi) is 14.1. The fraction of sp³-hybridized carbons (Fsp3) is 0.391. The van der Waals surface area contributed by atoms with Crippen molar-refractivity contribution in [3.8, 4) is 0 Å². The zero-order chi connectivity index (χ0) is 20.5. The van der Waals surface area contributed by atoms with Crippen molar-refractivity contribution in [2.45, 2.75) is 46.0 Å². The number of ether oxygens (including phenoxy) is 1. The van der Waals surface area contributed by atoms with Gasteiger partial charge in [0.1, 0.15) is 0 Å². The number of allylic oxidation sites excluding steroid dienone is 1. The lowest BCUT2D eigenvalue weighted by molar-refractivity contribution is -0.139. The molecule has 4 nitrogen and oxygen atoms in total. The highest BCUT2D eigenvalue weighted by Gasteiger charge is 2.07. The molecular formula is C23H32O4. The number of esters is 1. The average molecular weight is 373 g/mol. The minimum atomic E-state index is -0.942. The van der Waals surface area contributed by atoms with Gasteiger partial charge >= 0.3 is 11.9 Å². The summed E-state index contributed by atoms with van der Waals surface area (Å²) in [4.78, 5) is 21.2. The maximum atomic E-state index is 10.8. The molecule has 0 amide bonds. The molecule has 1 rings (SSSR count). The van der Waals surface area contributed by atoms with Gasteiger partial charge < -0.3 is 9.84 Å². The van der Waals surface area contributed by atoms with Crippen molar-refractivity contribution in [2.24, 2.45) is 5.92 Å². The molecule has 0 aliphatic rings. The summed E-state index contributed by atoms with van der Waals surface area (Å²) in [6, 6.07) is 9.73. The molecule has 0 aliphatic carbocycles. The third-order valence-electron chi connectivity index (χ3n) is 3.95. The van der Waals surface area contributed by atoms with Crippen LogP contribution in [0.15, 0.2) is 61.2 Å². The van der Waals surface area contributed by atoms with Gasteiger partial charge in [0.25, 0.3) is 0 Å². The highest BCUT2D eigenvalue weighted by Crippen LogP contribution is 2.12. The van der Waals surface area contributed by atoms with Crippen molar-refractivity contribution < 1.29 is 19.4 Å². The summed E-state index contributed by atoms with van der Waals surface area (Å²) in [6.07, 6.45) is 9.91. The second-order valence-corrected chi connectivity index (χ2v) is 6.18. The van der Waals surface area contributed by atoms with Crippen LogP contribution in [0.3, 0.4) is 0 Å². The molecule has 0 radical (unpaired) electrons. The van der Waals surface area contributed by atoms with Gasteiger partial charge in [0.2, 0.25) is 0 Å². The number of benzene rings is 1. The molecule has 0 saturated carbocycles. The number of carboxylic acids is 1. The quantitative estimate of drug-likeness (QED) is 0.402. The summed E-state index contributed by atoms with van der Waals surface area (Å²) < 4.78 is 4.98. The number of aliphatic carboxylic acids is 1. The van der Waals surface area contributed by atoms with Gasteiger partial charge in [0.15, 0.2) is 0 Å². The molecule has 0 fully saturated rings. The minimum Gasteiger partial charge on any atom is -0.478 e. The molecule has 1 N–H and O–H groups in total. The highest BCUT2D eigenvalue weighted by atomic mass is 16.5. The molecule has 0 saturated heterocycles. The predicted molar refractivity (Wildman–Crippen MR) is 111 cm³/mol. The van der Waals surface area contributed by atoms with Gasteiger partial charge in [-0.25, -0.2) is 9.59 Å². The van der Waals surface area contributed by atoms with Crippen molar-refractivity contribution in [1.82, 2.24) is 0 Å². The van der Waals surface area contributed by atoms with E-state index >= 15 is 0 Å². The standard InChI is InChI=1S/C12H12O2.C11H20O2/c1-10(12(13)14)6-5-9-11-7-3-2-4-8-11;1-4-7-8-10(5-2)9-13-11(12)6-3/h2-5,7-9H,1,6H2,(H,13,14);6,10H,3-5,7-9H2,1-2H3. The smallest absolute Gasteiger partial charge is 0.331 e. The molecule has 0 aliphatic heterocycles. The fourth-order valence-corrected chi connectivity index (χ4v) is 2.15. The average Bonchev–Trinajstić information content (AvgIpc) is 2.69. The fourth-order valence-electron chi connectivity index (χ4n) is 2.15. The molecule has 1 atom stereocenters. The van der Waals surface area contributed by atoms with Crippen LogP contribution in [-0.4, -0.2) is 23.7 Å². The summed E-state index contributed by atoms with van der Waals surface area (Å²) in [5.74, 6) is -0.735. The molecular weight excluding hydrogens is 340 g/mol. The van der Waals surface area contributed by atoms with E-state index in [9.17, 15) is 9.59 Å². The maximum absolute atomic E-state index is 10.8. The number of rotatable bonds is 11. The van der Waals surface area contributed by atoms with E-state index in [4.69, 9.17) is 9.84 Å². The van der Waals surface area contributed by atoms with Gasteiger partial charge in [-0.1, -0.05) is 88.8 Å². The zero-order valence-electron chi connectivity index (χ0n) is 16.5. The second-order valence-electron chi connectivity index (χ2n) is 6.18. The molecule has 148 valence electrons. The Labute approximate surface area is 163 Å². The molecule has 0 heterocycles. The number of carboxylic acid groups (broad SMARTS) is 1. The number of carbonyl (C=O) groups is 2. The normalized spacial score (nSPS) is 11.2. The monoisotopic (exact) mass is 372 g/mol. The van der Waals surface area contributed by atoms with E-state index in [1.807, 2.05) is 36.4 Å². The lowest BCUT2D eigenvalue weighted by Gasteiger charge is -2.13. The van der Waals surface area contributed by atoms with Gasteiger partial charge in [-0.05, 0) is 24.3 Å². The second kappa shape index (κ2) is 15.6. The zero-order valence-corrected chi connectivity index (χ0v) is 16.5. The van der Waals surface area contributed by atoms with Crippen LogP contribution < -0.4 is 0 Å². The Morgan fingerprint density at radius 2 is 1.89 bits per heavy atom. The molecule has 0 spiro atoms. The highest BCUT2D eigenvalue weighted by molar-refractivity contribution is 5.86. The molecule has 1 unspecified atom stereocenters. The van der Waals surface area contributed by atoms with Crippen molar-refractivity contribution >= 4 is 18.0 Å². The number of hydrogen-bond acceptors (Lipinski definition) is 3. The Morgan fingerprint density at radius 3 is 2.41 bits per heavy atom. The van der Waals surface area contributed by atoms with E-state index < -0.39 is 5.97 Å².